The van der Waals surface area contributed by atoms with Crippen molar-refractivity contribution in [3.63, 3.8) is 0 Å². The first-order chi connectivity index (χ1) is 11.5. The Kier molecular flexibility index (Phi) is 5.79. The van der Waals surface area contributed by atoms with E-state index in [2.05, 4.69) is 22.1 Å². The number of rotatable bonds is 4. The zero-order chi connectivity index (χ0) is 17.4. The number of alkyl halides is 3. The number of nitrogens with one attached hydrogen (secondary N) is 1. The molecule has 124 valence electrons. The number of benzene rings is 1. The Morgan fingerprint density at radius 1 is 1.17 bits per heavy atom. The van der Waals surface area contributed by atoms with Gasteiger partial charge in [-0.15, -0.1) is 0 Å². The fourth-order valence-corrected chi connectivity index (χ4v) is 1.70. The van der Waals surface area contributed by atoms with E-state index in [0.717, 1.165) is 24.3 Å². The van der Waals surface area contributed by atoms with Crippen molar-refractivity contribution < 1.29 is 22.7 Å². The Hall–Kier alpha value is -3.01. The molecule has 1 N–H and O–H groups in total. The summed E-state index contributed by atoms with van der Waals surface area (Å²) in [6.07, 6.45) is -1.25. The molecule has 0 atom stereocenters. The Morgan fingerprint density at radius 2 is 1.92 bits per heavy atom. The maximum Gasteiger partial charge on any atom is 0.416 e. The van der Waals surface area contributed by atoms with Gasteiger partial charge in [0.15, 0.2) is 0 Å². The quantitative estimate of drug-likeness (QED) is 0.875. The summed E-state index contributed by atoms with van der Waals surface area (Å²) >= 11 is 0. The monoisotopic (exact) mass is 334 g/mol. The van der Waals surface area contributed by atoms with Gasteiger partial charge < -0.3 is 10.1 Å². The number of carbonyl (C=O) groups excluding carboxylic acids is 1. The van der Waals surface area contributed by atoms with E-state index in [1.54, 1.807) is 24.5 Å². The minimum absolute atomic E-state index is 0.0657. The lowest BCUT2D eigenvalue weighted by Crippen LogP contribution is -2.23. The van der Waals surface area contributed by atoms with E-state index in [4.69, 9.17) is 4.74 Å². The van der Waals surface area contributed by atoms with Crippen LogP contribution in [0.2, 0.25) is 0 Å². The van der Waals surface area contributed by atoms with Crippen molar-refractivity contribution in [2.75, 3.05) is 13.2 Å². The van der Waals surface area contributed by atoms with Gasteiger partial charge in [-0.3, -0.25) is 9.78 Å². The summed E-state index contributed by atoms with van der Waals surface area (Å²) < 4.78 is 42.6. The average Bonchev–Trinajstić information content (AvgIpc) is 2.58. The minimum atomic E-state index is -4.42. The SMILES string of the molecule is O=C(NCC#CCOc1cccnc1)c1ccc(C(F)(F)F)cc1. The molecule has 1 aromatic heterocycles. The summed E-state index contributed by atoms with van der Waals surface area (Å²) in [4.78, 5) is 15.6. The number of ether oxygens (including phenoxy) is 1. The fraction of sp³-hybridized carbons (Fsp3) is 0.176. The van der Waals surface area contributed by atoms with Crippen LogP contribution in [0.25, 0.3) is 0 Å². The number of aromatic nitrogens is 1. The number of halogens is 3. The van der Waals surface area contributed by atoms with Crippen LogP contribution in [0.4, 0.5) is 13.2 Å². The van der Waals surface area contributed by atoms with E-state index in [-0.39, 0.29) is 18.7 Å². The molecule has 0 radical (unpaired) electrons. The molecule has 7 heteroatoms. The van der Waals surface area contributed by atoms with E-state index in [9.17, 15) is 18.0 Å². The molecule has 0 aliphatic rings. The van der Waals surface area contributed by atoms with Crippen molar-refractivity contribution >= 4 is 5.91 Å². The highest BCUT2D eigenvalue weighted by Crippen LogP contribution is 2.28. The highest BCUT2D eigenvalue weighted by Gasteiger charge is 2.30. The first-order valence-electron chi connectivity index (χ1n) is 6.91. The second-order valence-electron chi connectivity index (χ2n) is 4.59. The van der Waals surface area contributed by atoms with Crippen LogP contribution in [0.15, 0.2) is 48.8 Å². The standard InChI is InChI=1S/C17H13F3N2O2/c18-17(19,20)14-7-5-13(6-8-14)16(23)22-10-1-2-11-24-15-4-3-9-21-12-15/h3-9,12H,10-11H2,(H,22,23). The summed E-state index contributed by atoms with van der Waals surface area (Å²) in [6.45, 7) is 0.206. The normalized spacial score (nSPS) is 10.5. The average molecular weight is 334 g/mol. The van der Waals surface area contributed by atoms with Crippen LogP contribution in [-0.2, 0) is 6.18 Å². The number of pyridine rings is 1. The van der Waals surface area contributed by atoms with Gasteiger partial charge >= 0.3 is 6.18 Å². The zero-order valence-electron chi connectivity index (χ0n) is 12.4. The summed E-state index contributed by atoms with van der Waals surface area (Å²) in [5.74, 6) is 5.48. The number of nitrogens with zero attached hydrogens (tertiary/aromatic N) is 1. The van der Waals surface area contributed by atoms with Gasteiger partial charge in [-0.25, -0.2) is 0 Å². The van der Waals surface area contributed by atoms with Gasteiger partial charge in [-0.2, -0.15) is 13.2 Å². The summed E-state index contributed by atoms with van der Waals surface area (Å²) in [5.41, 5.74) is -0.664. The number of hydrogen-bond donors (Lipinski definition) is 1. The lowest BCUT2D eigenvalue weighted by atomic mass is 10.1. The third-order valence-corrected chi connectivity index (χ3v) is 2.88. The van der Waals surface area contributed by atoms with Crippen LogP contribution >= 0.6 is 0 Å². The maximum atomic E-state index is 12.4. The lowest BCUT2D eigenvalue weighted by molar-refractivity contribution is -0.137. The van der Waals surface area contributed by atoms with Gasteiger partial charge in [0.1, 0.15) is 12.4 Å². The van der Waals surface area contributed by atoms with E-state index in [1.807, 2.05) is 0 Å². The highest BCUT2D eigenvalue weighted by molar-refractivity contribution is 5.94. The van der Waals surface area contributed by atoms with Gasteiger partial charge in [-0.05, 0) is 36.4 Å². The highest BCUT2D eigenvalue weighted by atomic mass is 19.4. The van der Waals surface area contributed by atoms with E-state index >= 15 is 0 Å². The predicted octanol–water partition coefficient (Wildman–Crippen LogP) is 2.91. The minimum Gasteiger partial charge on any atom is -0.479 e. The molecule has 4 nitrogen and oxygen atoms in total. The molecule has 0 saturated heterocycles. The van der Waals surface area contributed by atoms with Crippen molar-refractivity contribution in [2.45, 2.75) is 6.18 Å². The number of hydrogen-bond acceptors (Lipinski definition) is 3. The largest absolute Gasteiger partial charge is 0.479 e. The summed E-state index contributed by atoms with van der Waals surface area (Å²) in [7, 11) is 0. The third kappa shape index (κ3) is 5.32. The van der Waals surface area contributed by atoms with E-state index in [1.165, 1.54) is 0 Å². The molecule has 0 unspecified atom stereocenters. The fourth-order valence-electron chi connectivity index (χ4n) is 1.70. The molecular weight excluding hydrogens is 321 g/mol. The molecular formula is C17H13F3N2O2. The van der Waals surface area contributed by atoms with Gasteiger partial charge in [0.25, 0.3) is 5.91 Å². The molecule has 0 saturated carbocycles. The van der Waals surface area contributed by atoms with Crippen molar-refractivity contribution in [2.24, 2.45) is 0 Å². The van der Waals surface area contributed by atoms with Gasteiger partial charge in [0, 0.05) is 11.8 Å². The lowest BCUT2D eigenvalue weighted by Gasteiger charge is -2.07. The second kappa shape index (κ2) is 8.02. The van der Waals surface area contributed by atoms with Crippen LogP contribution < -0.4 is 10.1 Å². The predicted molar refractivity (Wildman–Crippen MR) is 81.3 cm³/mol. The Labute approximate surface area is 136 Å². The Bertz CT molecular complexity index is 732. The second-order valence-corrected chi connectivity index (χ2v) is 4.59. The third-order valence-electron chi connectivity index (χ3n) is 2.88. The van der Waals surface area contributed by atoms with Gasteiger partial charge in [0.05, 0.1) is 18.3 Å². The smallest absolute Gasteiger partial charge is 0.416 e. The van der Waals surface area contributed by atoms with Crippen molar-refractivity contribution in [1.82, 2.24) is 10.3 Å². The van der Waals surface area contributed by atoms with Gasteiger partial charge in [-0.1, -0.05) is 11.8 Å². The molecule has 0 spiro atoms. The molecule has 2 rings (SSSR count). The van der Waals surface area contributed by atoms with Gasteiger partial charge in [0.2, 0.25) is 0 Å². The van der Waals surface area contributed by atoms with Crippen LogP contribution in [0.5, 0.6) is 5.75 Å². The van der Waals surface area contributed by atoms with E-state index in [0.29, 0.717) is 5.75 Å². The molecule has 0 bridgehead atoms. The van der Waals surface area contributed by atoms with Crippen LogP contribution in [0.3, 0.4) is 0 Å². The molecule has 1 amide bonds. The topological polar surface area (TPSA) is 51.2 Å². The zero-order valence-corrected chi connectivity index (χ0v) is 12.4. The van der Waals surface area contributed by atoms with Crippen LogP contribution in [0, 0.1) is 11.8 Å². The Balaban J connectivity index is 1.76. The van der Waals surface area contributed by atoms with Crippen molar-refractivity contribution in [3.05, 3.63) is 59.9 Å². The van der Waals surface area contributed by atoms with Crippen molar-refractivity contribution in [1.29, 1.82) is 0 Å². The Morgan fingerprint density at radius 3 is 2.54 bits per heavy atom. The molecule has 2 aromatic rings. The summed E-state index contributed by atoms with van der Waals surface area (Å²) in [5, 5.41) is 2.49. The van der Waals surface area contributed by atoms with Crippen molar-refractivity contribution in [3.8, 4) is 17.6 Å². The summed E-state index contributed by atoms with van der Waals surface area (Å²) in [6, 6.07) is 7.44. The molecule has 0 aliphatic heterocycles. The molecule has 0 fully saturated rings. The molecule has 24 heavy (non-hydrogen) atoms. The van der Waals surface area contributed by atoms with Crippen LogP contribution in [0.1, 0.15) is 15.9 Å². The van der Waals surface area contributed by atoms with E-state index < -0.39 is 17.6 Å². The molecule has 1 aromatic carbocycles. The molecule has 0 aliphatic carbocycles. The van der Waals surface area contributed by atoms with Crippen LogP contribution in [-0.4, -0.2) is 24.0 Å². The number of amides is 1. The number of carbonyl (C=O) groups is 1. The molecule has 1 heterocycles. The first-order valence-corrected chi connectivity index (χ1v) is 6.91. The maximum absolute atomic E-state index is 12.4. The first kappa shape index (κ1) is 17.3.